The fourth-order valence-corrected chi connectivity index (χ4v) is 2.24. The molecule has 0 spiro atoms. The highest BCUT2D eigenvalue weighted by molar-refractivity contribution is 5.84. The number of aromatic nitrogens is 4. The van der Waals surface area contributed by atoms with Gasteiger partial charge in [0.05, 0.1) is 25.1 Å². The number of hydrogen-bond acceptors (Lipinski definition) is 6. The summed E-state index contributed by atoms with van der Waals surface area (Å²) in [6, 6.07) is 0.252. The SMILES string of the molecule is CC1CN(c2nc(N)nc3nc[nH]c23)C(C)CO1. The highest BCUT2D eigenvalue weighted by Crippen LogP contribution is 2.26. The van der Waals surface area contributed by atoms with Crippen molar-refractivity contribution < 1.29 is 4.74 Å². The Morgan fingerprint density at radius 1 is 1.44 bits per heavy atom. The van der Waals surface area contributed by atoms with Crippen molar-refractivity contribution in [2.45, 2.75) is 26.0 Å². The standard InChI is InChI=1S/C11H16N6O/c1-6-4-18-7(2)3-17(6)10-8-9(14-5-13-8)15-11(12)16-10/h5-7H,3-4H2,1-2H3,(H3,12,13,14,15,16). The van der Waals surface area contributed by atoms with Crippen molar-refractivity contribution in [1.29, 1.82) is 0 Å². The van der Waals surface area contributed by atoms with Gasteiger partial charge in [-0.1, -0.05) is 0 Å². The first-order valence-corrected chi connectivity index (χ1v) is 6.00. The molecule has 0 bridgehead atoms. The smallest absolute Gasteiger partial charge is 0.224 e. The summed E-state index contributed by atoms with van der Waals surface area (Å²) in [7, 11) is 0. The van der Waals surface area contributed by atoms with Gasteiger partial charge in [-0.05, 0) is 13.8 Å². The molecule has 0 saturated carbocycles. The summed E-state index contributed by atoms with van der Waals surface area (Å²) < 4.78 is 5.62. The number of H-pyrrole nitrogens is 1. The van der Waals surface area contributed by atoms with Crippen molar-refractivity contribution in [3.8, 4) is 0 Å². The number of anilines is 2. The summed E-state index contributed by atoms with van der Waals surface area (Å²) in [5.41, 5.74) is 7.16. The highest BCUT2D eigenvalue weighted by atomic mass is 16.5. The van der Waals surface area contributed by atoms with Gasteiger partial charge in [0.25, 0.3) is 0 Å². The Morgan fingerprint density at radius 2 is 2.28 bits per heavy atom. The maximum atomic E-state index is 5.74. The van der Waals surface area contributed by atoms with Crippen LogP contribution >= 0.6 is 0 Å². The van der Waals surface area contributed by atoms with Gasteiger partial charge in [0.15, 0.2) is 11.5 Å². The number of rotatable bonds is 1. The van der Waals surface area contributed by atoms with Crippen LogP contribution in [0.3, 0.4) is 0 Å². The number of aromatic amines is 1. The number of ether oxygens (including phenoxy) is 1. The van der Waals surface area contributed by atoms with Crippen LogP contribution in [0, 0.1) is 0 Å². The van der Waals surface area contributed by atoms with E-state index in [9.17, 15) is 0 Å². The summed E-state index contributed by atoms with van der Waals surface area (Å²) in [6.45, 7) is 5.62. The van der Waals surface area contributed by atoms with E-state index in [2.05, 4.69) is 31.8 Å². The maximum absolute atomic E-state index is 5.74. The monoisotopic (exact) mass is 248 g/mol. The van der Waals surface area contributed by atoms with Crippen LogP contribution in [0.1, 0.15) is 13.8 Å². The van der Waals surface area contributed by atoms with E-state index in [0.717, 1.165) is 17.9 Å². The predicted octanol–water partition coefficient (Wildman–Crippen LogP) is 0.549. The summed E-state index contributed by atoms with van der Waals surface area (Å²) >= 11 is 0. The molecule has 7 heteroatoms. The Hall–Kier alpha value is -1.89. The molecule has 3 heterocycles. The van der Waals surface area contributed by atoms with E-state index >= 15 is 0 Å². The Bertz CT molecular complexity index is 568. The van der Waals surface area contributed by atoms with E-state index < -0.39 is 0 Å². The number of imidazole rings is 1. The average Bonchev–Trinajstić information content (AvgIpc) is 2.79. The molecule has 1 fully saturated rings. The minimum Gasteiger partial charge on any atom is -0.375 e. The molecule has 1 aliphatic heterocycles. The van der Waals surface area contributed by atoms with Crippen molar-refractivity contribution in [3.63, 3.8) is 0 Å². The van der Waals surface area contributed by atoms with E-state index in [4.69, 9.17) is 10.5 Å². The molecule has 2 atom stereocenters. The highest BCUT2D eigenvalue weighted by Gasteiger charge is 2.27. The molecule has 1 saturated heterocycles. The summed E-state index contributed by atoms with van der Waals surface area (Å²) in [6.07, 6.45) is 1.78. The van der Waals surface area contributed by atoms with Crippen LogP contribution in [-0.4, -0.2) is 45.2 Å². The zero-order chi connectivity index (χ0) is 12.7. The van der Waals surface area contributed by atoms with Gasteiger partial charge in [0.1, 0.15) is 5.52 Å². The molecule has 0 aromatic carbocycles. The molecule has 0 amide bonds. The van der Waals surface area contributed by atoms with Crippen LogP contribution in [0.4, 0.5) is 11.8 Å². The molecule has 1 aliphatic rings. The van der Waals surface area contributed by atoms with E-state index in [1.54, 1.807) is 6.33 Å². The minimum absolute atomic E-state index is 0.176. The lowest BCUT2D eigenvalue weighted by Crippen LogP contribution is -2.48. The van der Waals surface area contributed by atoms with Gasteiger partial charge in [-0.15, -0.1) is 0 Å². The van der Waals surface area contributed by atoms with Crippen LogP contribution in [-0.2, 0) is 4.74 Å². The second-order valence-electron chi connectivity index (χ2n) is 4.65. The lowest BCUT2D eigenvalue weighted by atomic mass is 10.2. The average molecular weight is 248 g/mol. The first-order chi connectivity index (χ1) is 8.65. The number of nitrogens with one attached hydrogen (secondary N) is 1. The second-order valence-corrected chi connectivity index (χ2v) is 4.65. The Labute approximate surface area is 104 Å². The molecule has 96 valence electrons. The van der Waals surface area contributed by atoms with Crippen molar-refractivity contribution in [1.82, 2.24) is 19.9 Å². The van der Waals surface area contributed by atoms with E-state index in [1.165, 1.54) is 0 Å². The van der Waals surface area contributed by atoms with Crippen LogP contribution in [0.2, 0.25) is 0 Å². The molecule has 0 radical (unpaired) electrons. The van der Waals surface area contributed by atoms with Gasteiger partial charge in [-0.2, -0.15) is 9.97 Å². The van der Waals surface area contributed by atoms with E-state index in [-0.39, 0.29) is 18.1 Å². The van der Waals surface area contributed by atoms with Crippen molar-refractivity contribution in [2.24, 2.45) is 0 Å². The minimum atomic E-state index is 0.176. The number of hydrogen-bond donors (Lipinski definition) is 2. The molecule has 3 rings (SSSR count). The van der Waals surface area contributed by atoms with Crippen LogP contribution in [0.15, 0.2) is 6.33 Å². The van der Waals surface area contributed by atoms with E-state index in [0.29, 0.717) is 12.3 Å². The zero-order valence-corrected chi connectivity index (χ0v) is 10.4. The molecular formula is C11H16N6O. The third-order valence-corrected chi connectivity index (χ3v) is 3.16. The van der Waals surface area contributed by atoms with Gasteiger partial charge in [-0.3, -0.25) is 0 Å². The number of fused-ring (bicyclic) bond motifs is 1. The molecule has 2 aromatic heterocycles. The quantitative estimate of drug-likeness (QED) is 0.765. The van der Waals surface area contributed by atoms with Crippen molar-refractivity contribution >= 4 is 22.9 Å². The normalized spacial score (nSPS) is 24.7. The van der Waals surface area contributed by atoms with Gasteiger partial charge in [0.2, 0.25) is 5.95 Å². The van der Waals surface area contributed by atoms with Gasteiger partial charge in [0, 0.05) is 6.54 Å². The first kappa shape index (κ1) is 11.2. The molecule has 3 N–H and O–H groups in total. The molecule has 0 aliphatic carbocycles. The second kappa shape index (κ2) is 4.09. The van der Waals surface area contributed by atoms with Gasteiger partial charge >= 0.3 is 0 Å². The largest absolute Gasteiger partial charge is 0.375 e. The maximum Gasteiger partial charge on any atom is 0.224 e. The number of morpholine rings is 1. The topological polar surface area (TPSA) is 93.0 Å². The fourth-order valence-electron chi connectivity index (χ4n) is 2.24. The Morgan fingerprint density at radius 3 is 3.11 bits per heavy atom. The Kier molecular flexibility index (Phi) is 2.55. The first-order valence-electron chi connectivity index (χ1n) is 6.00. The molecule has 2 aromatic rings. The van der Waals surface area contributed by atoms with E-state index in [1.807, 2.05) is 6.92 Å². The summed E-state index contributed by atoms with van der Waals surface area (Å²) in [4.78, 5) is 17.8. The van der Waals surface area contributed by atoms with Crippen molar-refractivity contribution in [2.75, 3.05) is 23.8 Å². The number of nitrogen functional groups attached to an aromatic ring is 1. The van der Waals surface area contributed by atoms with Crippen LogP contribution in [0.25, 0.3) is 11.2 Å². The number of nitrogens with zero attached hydrogens (tertiary/aromatic N) is 4. The molecule has 2 unspecified atom stereocenters. The van der Waals surface area contributed by atoms with Crippen LogP contribution < -0.4 is 10.6 Å². The Balaban J connectivity index is 2.09. The molecule has 18 heavy (non-hydrogen) atoms. The third-order valence-electron chi connectivity index (χ3n) is 3.16. The number of nitrogens with two attached hydrogens (primary N) is 1. The third kappa shape index (κ3) is 1.76. The van der Waals surface area contributed by atoms with Gasteiger partial charge in [-0.25, -0.2) is 4.98 Å². The predicted molar refractivity (Wildman–Crippen MR) is 68.3 cm³/mol. The zero-order valence-electron chi connectivity index (χ0n) is 10.4. The molecular weight excluding hydrogens is 232 g/mol. The fraction of sp³-hybridized carbons (Fsp3) is 0.545. The van der Waals surface area contributed by atoms with Crippen LogP contribution in [0.5, 0.6) is 0 Å². The lowest BCUT2D eigenvalue weighted by molar-refractivity contribution is 0.0341. The summed E-state index contributed by atoms with van der Waals surface area (Å²) in [5.74, 6) is 1.05. The van der Waals surface area contributed by atoms with Crippen molar-refractivity contribution in [3.05, 3.63) is 6.33 Å². The summed E-state index contributed by atoms with van der Waals surface area (Å²) in [5, 5.41) is 0. The lowest BCUT2D eigenvalue weighted by Gasteiger charge is -2.37. The molecule has 7 nitrogen and oxygen atoms in total. The van der Waals surface area contributed by atoms with Gasteiger partial charge < -0.3 is 20.4 Å².